The minimum absolute atomic E-state index is 0.0324. The minimum atomic E-state index is -0.468. The number of aliphatic hydroxyl groups is 1. The fourth-order valence-corrected chi connectivity index (χ4v) is 2.14. The van der Waals surface area contributed by atoms with Crippen LogP contribution < -0.4 is 10.6 Å². The molecule has 1 saturated heterocycles. The van der Waals surface area contributed by atoms with Crippen LogP contribution >= 0.6 is 0 Å². The van der Waals surface area contributed by atoms with Gasteiger partial charge >= 0.3 is 6.03 Å². The lowest BCUT2D eigenvalue weighted by Gasteiger charge is -2.28. The lowest BCUT2D eigenvalue weighted by molar-refractivity contribution is -0.125. The number of likely N-dealkylation sites (tertiary alicyclic amines) is 1. The van der Waals surface area contributed by atoms with Crippen LogP contribution in [0.3, 0.4) is 0 Å². The summed E-state index contributed by atoms with van der Waals surface area (Å²) in [6.45, 7) is 4.86. The predicted octanol–water partition coefficient (Wildman–Crippen LogP) is -0.323. The van der Waals surface area contributed by atoms with Gasteiger partial charge in [-0.3, -0.25) is 15.0 Å². The Balaban J connectivity index is 2.48. The van der Waals surface area contributed by atoms with E-state index in [-0.39, 0.29) is 18.6 Å². The van der Waals surface area contributed by atoms with Gasteiger partial charge in [-0.15, -0.1) is 0 Å². The van der Waals surface area contributed by atoms with Gasteiger partial charge in [0.2, 0.25) is 5.91 Å². The smallest absolute Gasteiger partial charge is 0.321 e. The molecule has 0 radical (unpaired) electrons. The van der Waals surface area contributed by atoms with Gasteiger partial charge in [-0.1, -0.05) is 0 Å². The van der Waals surface area contributed by atoms with Gasteiger partial charge in [0.25, 0.3) is 0 Å². The van der Waals surface area contributed by atoms with Crippen LogP contribution in [-0.4, -0.2) is 53.7 Å². The quantitative estimate of drug-likeness (QED) is 0.632. The zero-order valence-electron chi connectivity index (χ0n) is 10.4. The van der Waals surface area contributed by atoms with Gasteiger partial charge in [0.1, 0.15) is 0 Å². The number of imide groups is 1. The van der Waals surface area contributed by atoms with Crippen molar-refractivity contribution in [2.45, 2.75) is 38.8 Å². The third-order valence-corrected chi connectivity index (χ3v) is 3.08. The lowest BCUT2D eigenvalue weighted by atomic mass is 10.2. The van der Waals surface area contributed by atoms with Crippen LogP contribution in [0, 0.1) is 0 Å². The molecule has 6 nitrogen and oxygen atoms in total. The molecule has 1 aliphatic heterocycles. The zero-order chi connectivity index (χ0) is 12.8. The Morgan fingerprint density at radius 1 is 1.53 bits per heavy atom. The van der Waals surface area contributed by atoms with E-state index in [2.05, 4.69) is 10.6 Å². The summed E-state index contributed by atoms with van der Waals surface area (Å²) < 4.78 is 0. The molecule has 3 N–H and O–H groups in total. The highest BCUT2D eigenvalue weighted by molar-refractivity contribution is 5.96. The van der Waals surface area contributed by atoms with E-state index in [9.17, 15) is 14.7 Å². The second-order valence-corrected chi connectivity index (χ2v) is 4.24. The highest BCUT2D eigenvalue weighted by atomic mass is 16.3. The Hall–Kier alpha value is -1.14. The molecule has 0 saturated carbocycles. The molecule has 0 aromatic rings. The van der Waals surface area contributed by atoms with E-state index in [4.69, 9.17) is 0 Å². The summed E-state index contributed by atoms with van der Waals surface area (Å²) in [4.78, 5) is 24.9. The number of aliphatic hydroxyl groups excluding tert-OH is 1. The van der Waals surface area contributed by atoms with Crippen LogP contribution in [0.15, 0.2) is 0 Å². The van der Waals surface area contributed by atoms with Crippen molar-refractivity contribution < 1.29 is 14.7 Å². The maximum absolute atomic E-state index is 11.8. The van der Waals surface area contributed by atoms with Crippen molar-refractivity contribution in [3.05, 3.63) is 0 Å². The highest BCUT2D eigenvalue weighted by Crippen LogP contribution is 2.19. The number of urea groups is 1. The highest BCUT2D eigenvalue weighted by Gasteiger charge is 2.31. The number of nitrogens with one attached hydrogen (secondary N) is 2. The SMILES string of the molecule is CCNC(=O)NC(=O)C(C)N1CCC[C@@H]1CO. The summed E-state index contributed by atoms with van der Waals surface area (Å²) in [7, 11) is 0. The number of nitrogens with zero attached hydrogens (tertiary/aromatic N) is 1. The topological polar surface area (TPSA) is 81.7 Å². The molecule has 1 heterocycles. The van der Waals surface area contributed by atoms with Gasteiger partial charge in [0, 0.05) is 12.6 Å². The van der Waals surface area contributed by atoms with Crippen molar-refractivity contribution in [1.82, 2.24) is 15.5 Å². The maximum atomic E-state index is 11.8. The Morgan fingerprint density at radius 2 is 2.24 bits per heavy atom. The fraction of sp³-hybridized carbons (Fsp3) is 0.818. The second-order valence-electron chi connectivity index (χ2n) is 4.24. The van der Waals surface area contributed by atoms with Gasteiger partial charge < -0.3 is 10.4 Å². The lowest BCUT2D eigenvalue weighted by Crippen LogP contribution is -2.51. The zero-order valence-corrected chi connectivity index (χ0v) is 10.4. The summed E-state index contributed by atoms with van der Waals surface area (Å²) in [5, 5.41) is 14.0. The first-order chi connectivity index (χ1) is 8.10. The number of rotatable bonds is 4. The van der Waals surface area contributed by atoms with Gasteiger partial charge in [0.05, 0.1) is 12.6 Å². The van der Waals surface area contributed by atoms with Crippen LogP contribution in [0.2, 0.25) is 0 Å². The minimum Gasteiger partial charge on any atom is -0.395 e. The van der Waals surface area contributed by atoms with Crippen LogP contribution in [0.5, 0.6) is 0 Å². The molecule has 1 rings (SSSR count). The molecular weight excluding hydrogens is 222 g/mol. The molecule has 0 bridgehead atoms. The number of carbonyl (C=O) groups is 2. The Kier molecular flexibility index (Phi) is 5.37. The average molecular weight is 243 g/mol. The van der Waals surface area contributed by atoms with Crippen molar-refractivity contribution in [2.24, 2.45) is 0 Å². The van der Waals surface area contributed by atoms with Crippen molar-refractivity contribution in [3.63, 3.8) is 0 Å². The first-order valence-electron chi connectivity index (χ1n) is 6.05. The van der Waals surface area contributed by atoms with E-state index in [0.717, 1.165) is 19.4 Å². The van der Waals surface area contributed by atoms with Crippen LogP contribution in [0.25, 0.3) is 0 Å². The molecule has 98 valence electrons. The van der Waals surface area contributed by atoms with Crippen molar-refractivity contribution in [2.75, 3.05) is 19.7 Å². The Labute approximate surface area is 101 Å². The molecule has 0 spiro atoms. The van der Waals surface area contributed by atoms with E-state index in [1.54, 1.807) is 13.8 Å². The number of amides is 3. The average Bonchev–Trinajstić information content (AvgIpc) is 2.76. The van der Waals surface area contributed by atoms with E-state index < -0.39 is 12.1 Å². The van der Waals surface area contributed by atoms with Crippen molar-refractivity contribution in [3.8, 4) is 0 Å². The Morgan fingerprint density at radius 3 is 2.82 bits per heavy atom. The summed E-state index contributed by atoms with van der Waals surface area (Å²) in [5.74, 6) is -0.323. The van der Waals surface area contributed by atoms with Crippen molar-refractivity contribution >= 4 is 11.9 Å². The third-order valence-electron chi connectivity index (χ3n) is 3.08. The molecule has 0 aromatic carbocycles. The van der Waals surface area contributed by atoms with Crippen LogP contribution in [-0.2, 0) is 4.79 Å². The molecule has 6 heteroatoms. The monoisotopic (exact) mass is 243 g/mol. The van der Waals surface area contributed by atoms with E-state index >= 15 is 0 Å². The van der Waals surface area contributed by atoms with Gasteiger partial charge in [-0.05, 0) is 33.2 Å². The number of carbonyl (C=O) groups excluding carboxylic acids is 2. The summed E-state index contributed by atoms with van der Waals surface area (Å²) in [6, 6.07) is -0.827. The standard InChI is InChI=1S/C11H21N3O3/c1-3-12-11(17)13-10(16)8(2)14-6-4-5-9(14)7-15/h8-9,15H,3-7H2,1-2H3,(H2,12,13,16,17)/t8?,9-/m1/s1. The first kappa shape index (κ1) is 13.9. The van der Waals surface area contributed by atoms with Crippen LogP contribution in [0.1, 0.15) is 26.7 Å². The first-order valence-corrected chi connectivity index (χ1v) is 6.05. The largest absolute Gasteiger partial charge is 0.395 e. The molecule has 2 atom stereocenters. The third kappa shape index (κ3) is 3.67. The number of hydrogen-bond donors (Lipinski definition) is 3. The Bertz CT molecular complexity index is 283. The predicted molar refractivity (Wildman–Crippen MR) is 63.5 cm³/mol. The van der Waals surface area contributed by atoms with Gasteiger partial charge in [0.15, 0.2) is 0 Å². The molecule has 1 aliphatic rings. The maximum Gasteiger partial charge on any atom is 0.321 e. The van der Waals surface area contributed by atoms with Crippen molar-refractivity contribution in [1.29, 1.82) is 0 Å². The normalized spacial score (nSPS) is 22.2. The summed E-state index contributed by atoms with van der Waals surface area (Å²) in [5.41, 5.74) is 0. The summed E-state index contributed by atoms with van der Waals surface area (Å²) >= 11 is 0. The van der Waals surface area contributed by atoms with E-state index in [1.165, 1.54) is 0 Å². The molecule has 0 aliphatic carbocycles. The van der Waals surface area contributed by atoms with Gasteiger partial charge in [-0.25, -0.2) is 4.79 Å². The molecule has 3 amide bonds. The van der Waals surface area contributed by atoms with Gasteiger partial charge in [-0.2, -0.15) is 0 Å². The molecule has 1 unspecified atom stereocenters. The fourth-order valence-electron chi connectivity index (χ4n) is 2.14. The molecule has 17 heavy (non-hydrogen) atoms. The summed E-state index contributed by atoms with van der Waals surface area (Å²) in [6.07, 6.45) is 1.87. The molecule has 1 fully saturated rings. The van der Waals surface area contributed by atoms with E-state index in [1.807, 2.05) is 4.90 Å². The van der Waals surface area contributed by atoms with E-state index in [0.29, 0.717) is 6.54 Å². The molecular formula is C11H21N3O3. The van der Waals surface area contributed by atoms with Crippen LogP contribution in [0.4, 0.5) is 4.79 Å². The second kappa shape index (κ2) is 6.56. The molecule has 0 aromatic heterocycles. The number of hydrogen-bond acceptors (Lipinski definition) is 4.